The van der Waals surface area contributed by atoms with Crippen LogP contribution < -0.4 is 20.2 Å². The van der Waals surface area contributed by atoms with Crippen LogP contribution in [-0.2, 0) is 9.59 Å². The van der Waals surface area contributed by atoms with Crippen molar-refractivity contribution in [3.8, 4) is 11.5 Å². The van der Waals surface area contributed by atoms with Gasteiger partial charge in [-0.2, -0.15) is 5.10 Å². The molecule has 4 rings (SSSR count). The number of carbonyl (C=O) groups is 2. The average Bonchev–Trinajstić information content (AvgIpc) is 3.20. The number of hydrogen-bond acceptors (Lipinski definition) is 5. The van der Waals surface area contributed by atoms with Gasteiger partial charge in [0.05, 0.1) is 6.21 Å². The molecule has 0 saturated heterocycles. The summed E-state index contributed by atoms with van der Waals surface area (Å²) in [5, 5.41) is 8.78. The molecule has 2 N–H and O–H groups in total. The Morgan fingerprint density at radius 1 is 0.931 bits per heavy atom. The van der Waals surface area contributed by atoms with Crippen molar-refractivity contribution < 1.29 is 19.1 Å². The zero-order chi connectivity index (χ0) is 20.1. The molecule has 7 heteroatoms. The number of ether oxygens (including phenoxy) is 2. The van der Waals surface area contributed by atoms with Crippen LogP contribution in [0.25, 0.3) is 10.8 Å². The number of benzene rings is 3. The van der Waals surface area contributed by atoms with Crippen LogP contribution in [0.2, 0.25) is 0 Å². The van der Waals surface area contributed by atoms with Crippen molar-refractivity contribution in [2.45, 2.75) is 12.8 Å². The third-order valence-electron chi connectivity index (χ3n) is 4.44. The second kappa shape index (κ2) is 8.43. The fourth-order valence-corrected chi connectivity index (χ4v) is 3.00. The van der Waals surface area contributed by atoms with Gasteiger partial charge in [-0.15, -0.1) is 0 Å². The van der Waals surface area contributed by atoms with Crippen molar-refractivity contribution in [1.82, 2.24) is 5.43 Å². The van der Waals surface area contributed by atoms with Gasteiger partial charge in [0.25, 0.3) is 0 Å². The molecular weight excluding hydrogens is 370 g/mol. The molecule has 0 saturated carbocycles. The molecule has 1 aliphatic heterocycles. The quantitative estimate of drug-likeness (QED) is 0.499. The van der Waals surface area contributed by atoms with Crippen molar-refractivity contribution in [1.29, 1.82) is 0 Å². The summed E-state index contributed by atoms with van der Waals surface area (Å²) in [5.41, 5.74) is 3.92. The molecule has 3 aromatic rings. The van der Waals surface area contributed by atoms with Gasteiger partial charge in [0.15, 0.2) is 11.5 Å². The van der Waals surface area contributed by atoms with Crippen molar-refractivity contribution in [2.75, 3.05) is 12.1 Å². The molecule has 146 valence electrons. The SMILES string of the molecule is O=C(CCC(=O)Nc1cccc2ccccc12)N/N=C/c1ccc2c(c1)OCO2. The predicted molar refractivity (Wildman–Crippen MR) is 110 cm³/mol. The van der Waals surface area contributed by atoms with E-state index < -0.39 is 0 Å². The molecule has 0 unspecified atom stereocenters. The van der Waals surface area contributed by atoms with E-state index in [0.29, 0.717) is 11.5 Å². The van der Waals surface area contributed by atoms with Gasteiger partial charge in [-0.05, 0) is 35.2 Å². The smallest absolute Gasteiger partial charge is 0.240 e. The molecule has 1 aliphatic rings. The molecule has 0 aromatic heterocycles. The fourth-order valence-electron chi connectivity index (χ4n) is 3.00. The summed E-state index contributed by atoms with van der Waals surface area (Å²) in [6, 6.07) is 18.9. The maximum absolute atomic E-state index is 12.2. The minimum absolute atomic E-state index is 0.0368. The highest BCUT2D eigenvalue weighted by Crippen LogP contribution is 2.32. The first-order valence-electron chi connectivity index (χ1n) is 9.18. The summed E-state index contributed by atoms with van der Waals surface area (Å²) in [5.74, 6) is 0.764. The molecule has 3 aromatic carbocycles. The molecule has 7 nitrogen and oxygen atoms in total. The lowest BCUT2D eigenvalue weighted by atomic mass is 10.1. The normalized spacial score (nSPS) is 12.3. The number of nitrogens with one attached hydrogen (secondary N) is 2. The van der Waals surface area contributed by atoms with Crippen molar-refractivity contribution in [3.63, 3.8) is 0 Å². The number of hydrogen-bond donors (Lipinski definition) is 2. The number of carbonyl (C=O) groups excluding carboxylic acids is 2. The van der Waals surface area contributed by atoms with Crippen LogP contribution in [0.4, 0.5) is 5.69 Å². The second-order valence-corrected chi connectivity index (χ2v) is 6.48. The van der Waals surface area contributed by atoms with E-state index in [9.17, 15) is 9.59 Å². The van der Waals surface area contributed by atoms with Gasteiger partial charge in [0.2, 0.25) is 18.6 Å². The maximum Gasteiger partial charge on any atom is 0.240 e. The highest BCUT2D eigenvalue weighted by atomic mass is 16.7. The molecule has 0 atom stereocenters. The lowest BCUT2D eigenvalue weighted by Gasteiger charge is -2.08. The van der Waals surface area contributed by atoms with Crippen molar-refractivity contribution >= 4 is 34.5 Å². The highest BCUT2D eigenvalue weighted by Gasteiger charge is 2.12. The van der Waals surface area contributed by atoms with E-state index in [-0.39, 0.29) is 31.4 Å². The van der Waals surface area contributed by atoms with E-state index in [1.807, 2.05) is 42.5 Å². The third-order valence-corrected chi connectivity index (χ3v) is 4.44. The summed E-state index contributed by atoms with van der Waals surface area (Å²) >= 11 is 0. The Morgan fingerprint density at radius 2 is 1.72 bits per heavy atom. The Bertz CT molecular complexity index is 1090. The van der Waals surface area contributed by atoms with Gasteiger partial charge in [-0.1, -0.05) is 36.4 Å². The van der Waals surface area contributed by atoms with Gasteiger partial charge in [0, 0.05) is 23.9 Å². The molecule has 0 aliphatic carbocycles. The van der Waals surface area contributed by atoms with Crippen LogP contribution >= 0.6 is 0 Å². The predicted octanol–water partition coefficient (Wildman–Crippen LogP) is 3.44. The number of rotatable bonds is 6. The van der Waals surface area contributed by atoms with E-state index >= 15 is 0 Å². The van der Waals surface area contributed by atoms with Gasteiger partial charge in [0.1, 0.15) is 0 Å². The highest BCUT2D eigenvalue weighted by molar-refractivity contribution is 6.02. The summed E-state index contributed by atoms with van der Waals surface area (Å²) in [6.45, 7) is 0.202. The molecule has 0 spiro atoms. The van der Waals surface area contributed by atoms with E-state index in [0.717, 1.165) is 22.0 Å². The van der Waals surface area contributed by atoms with Gasteiger partial charge < -0.3 is 14.8 Å². The monoisotopic (exact) mass is 389 g/mol. The summed E-state index contributed by atoms with van der Waals surface area (Å²) in [4.78, 5) is 24.1. The van der Waals surface area contributed by atoms with E-state index in [4.69, 9.17) is 9.47 Å². The Kier molecular flexibility index (Phi) is 5.38. The van der Waals surface area contributed by atoms with Crippen molar-refractivity contribution in [3.05, 3.63) is 66.2 Å². The first-order valence-corrected chi connectivity index (χ1v) is 9.18. The third kappa shape index (κ3) is 4.52. The van der Waals surface area contributed by atoms with Crippen molar-refractivity contribution in [2.24, 2.45) is 5.10 Å². The minimum Gasteiger partial charge on any atom is -0.454 e. The first kappa shape index (κ1) is 18.5. The zero-order valence-corrected chi connectivity index (χ0v) is 15.6. The molecule has 0 bridgehead atoms. The van der Waals surface area contributed by atoms with E-state index in [2.05, 4.69) is 15.8 Å². The standard InChI is InChI=1S/C22H19N3O4/c26-21(24-18-7-3-5-16-4-1-2-6-17(16)18)10-11-22(27)25-23-13-15-8-9-19-20(12-15)29-14-28-19/h1-9,12-13H,10-11,14H2,(H,24,26)(H,25,27)/b23-13+. The largest absolute Gasteiger partial charge is 0.454 e. The Morgan fingerprint density at radius 3 is 2.66 bits per heavy atom. The van der Waals surface area contributed by atoms with Crippen LogP contribution in [0, 0.1) is 0 Å². The lowest BCUT2D eigenvalue weighted by molar-refractivity contribution is -0.124. The lowest BCUT2D eigenvalue weighted by Crippen LogP contribution is -2.20. The molecule has 1 heterocycles. The van der Waals surface area contributed by atoms with Gasteiger partial charge in [-0.3, -0.25) is 9.59 Å². The number of fused-ring (bicyclic) bond motifs is 2. The minimum atomic E-state index is -0.338. The topological polar surface area (TPSA) is 89.0 Å². The average molecular weight is 389 g/mol. The summed E-state index contributed by atoms with van der Waals surface area (Å²) in [7, 11) is 0. The second-order valence-electron chi connectivity index (χ2n) is 6.48. The fraction of sp³-hybridized carbons (Fsp3) is 0.136. The first-order chi connectivity index (χ1) is 14.2. The summed E-state index contributed by atoms with van der Waals surface area (Å²) in [6.07, 6.45) is 1.61. The molecule has 0 fully saturated rings. The number of amides is 2. The molecule has 2 amide bonds. The molecular formula is C22H19N3O4. The number of hydrazone groups is 1. The Hall–Kier alpha value is -3.87. The van der Waals surface area contributed by atoms with E-state index in [1.54, 1.807) is 18.2 Å². The Balaban J connectivity index is 1.26. The Labute approximate surface area is 167 Å². The molecule has 0 radical (unpaired) electrons. The molecule has 29 heavy (non-hydrogen) atoms. The van der Waals surface area contributed by atoms with Gasteiger partial charge in [-0.25, -0.2) is 5.43 Å². The van der Waals surface area contributed by atoms with Crippen LogP contribution in [0.15, 0.2) is 65.8 Å². The number of anilines is 1. The van der Waals surface area contributed by atoms with Crippen LogP contribution in [-0.4, -0.2) is 24.8 Å². The summed E-state index contributed by atoms with van der Waals surface area (Å²) < 4.78 is 10.5. The van der Waals surface area contributed by atoms with Crippen LogP contribution in [0.1, 0.15) is 18.4 Å². The number of nitrogens with zero attached hydrogens (tertiary/aromatic N) is 1. The maximum atomic E-state index is 12.2. The van der Waals surface area contributed by atoms with Gasteiger partial charge >= 0.3 is 0 Å². The van der Waals surface area contributed by atoms with E-state index in [1.165, 1.54) is 6.21 Å². The van der Waals surface area contributed by atoms with Crippen LogP contribution in [0.3, 0.4) is 0 Å². The zero-order valence-electron chi connectivity index (χ0n) is 15.6. The van der Waals surface area contributed by atoms with Crippen LogP contribution in [0.5, 0.6) is 11.5 Å².